The fourth-order valence-electron chi connectivity index (χ4n) is 2.33. The van der Waals surface area contributed by atoms with Gasteiger partial charge in [0.2, 0.25) is 0 Å². The zero-order chi connectivity index (χ0) is 11.0. The van der Waals surface area contributed by atoms with Crippen LogP contribution in [0.4, 0.5) is 0 Å². The fraction of sp³-hybridized carbons (Fsp3) is 0.417. The van der Waals surface area contributed by atoms with Crippen molar-refractivity contribution in [1.82, 2.24) is 19.6 Å². The molecule has 1 saturated heterocycles. The molecule has 16 heavy (non-hydrogen) atoms. The van der Waals surface area contributed by atoms with Gasteiger partial charge in [-0.2, -0.15) is 0 Å². The third-order valence-electron chi connectivity index (χ3n) is 3.30. The lowest BCUT2D eigenvalue weighted by Crippen LogP contribution is -2.44. The van der Waals surface area contributed by atoms with Crippen LogP contribution >= 0.6 is 0 Å². The summed E-state index contributed by atoms with van der Waals surface area (Å²) in [6, 6.07) is 6.54. The predicted molar refractivity (Wildman–Crippen MR) is 63.4 cm³/mol. The van der Waals surface area contributed by atoms with Gasteiger partial charge in [-0.05, 0) is 19.2 Å². The first kappa shape index (κ1) is 9.81. The Hall–Kier alpha value is -1.39. The van der Waals surface area contributed by atoms with Gasteiger partial charge in [-0.3, -0.25) is 4.90 Å². The monoisotopic (exact) mass is 216 g/mol. The Kier molecular flexibility index (Phi) is 2.38. The number of rotatable bonds is 1. The molecule has 1 aliphatic rings. The van der Waals surface area contributed by atoms with Gasteiger partial charge in [-0.1, -0.05) is 6.07 Å². The number of pyridine rings is 1. The van der Waals surface area contributed by atoms with Crippen molar-refractivity contribution >= 4 is 5.65 Å². The minimum Gasteiger partial charge on any atom is -0.313 e. The van der Waals surface area contributed by atoms with Crippen molar-refractivity contribution in [3.63, 3.8) is 0 Å². The van der Waals surface area contributed by atoms with E-state index in [9.17, 15) is 0 Å². The van der Waals surface area contributed by atoms with Gasteiger partial charge in [0.05, 0.1) is 17.9 Å². The average Bonchev–Trinajstić information content (AvgIpc) is 2.74. The van der Waals surface area contributed by atoms with Crippen LogP contribution in [0.15, 0.2) is 30.6 Å². The van der Waals surface area contributed by atoms with Crippen molar-refractivity contribution in [1.29, 1.82) is 0 Å². The molecule has 3 rings (SSSR count). The fourth-order valence-corrected chi connectivity index (χ4v) is 2.33. The standard InChI is InChI=1S/C12H16N4/c1-15-7-5-13-8-10(15)11-9-14-12-4-2-3-6-16(11)12/h2-4,6,9-10,13H,5,7-8H2,1H3. The number of fused-ring (bicyclic) bond motifs is 1. The number of imidazole rings is 1. The van der Waals surface area contributed by atoms with Crippen molar-refractivity contribution in [2.24, 2.45) is 0 Å². The minimum atomic E-state index is 0.422. The van der Waals surface area contributed by atoms with Gasteiger partial charge in [-0.15, -0.1) is 0 Å². The van der Waals surface area contributed by atoms with Gasteiger partial charge in [-0.25, -0.2) is 4.98 Å². The molecule has 0 spiro atoms. The van der Waals surface area contributed by atoms with Crippen molar-refractivity contribution in [3.05, 3.63) is 36.3 Å². The van der Waals surface area contributed by atoms with Gasteiger partial charge in [0, 0.05) is 25.8 Å². The van der Waals surface area contributed by atoms with Crippen LogP contribution in [-0.2, 0) is 0 Å². The van der Waals surface area contributed by atoms with Crippen molar-refractivity contribution in [3.8, 4) is 0 Å². The molecule has 0 bridgehead atoms. The van der Waals surface area contributed by atoms with E-state index >= 15 is 0 Å². The molecule has 1 fully saturated rings. The summed E-state index contributed by atoms with van der Waals surface area (Å²) >= 11 is 0. The maximum absolute atomic E-state index is 4.44. The Morgan fingerprint density at radius 1 is 1.44 bits per heavy atom. The zero-order valence-corrected chi connectivity index (χ0v) is 9.43. The van der Waals surface area contributed by atoms with Gasteiger partial charge in [0.25, 0.3) is 0 Å². The van der Waals surface area contributed by atoms with E-state index < -0.39 is 0 Å². The molecule has 1 unspecified atom stereocenters. The molecule has 0 saturated carbocycles. The molecule has 0 aliphatic carbocycles. The number of nitrogens with zero attached hydrogens (tertiary/aromatic N) is 3. The molecule has 1 N–H and O–H groups in total. The maximum Gasteiger partial charge on any atom is 0.136 e. The van der Waals surface area contributed by atoms with Crippen LogP contribution in [0.3, 0.4) is 0 Å². The molecule has 0 radical (unpaired) electrons. The lowest BCUT2D eigenvalue weighted by Gasteiger charge is -2.32. The summed E-state index contributed by atoms with van der Waals surface area (Å²) in [5, 5.41) is 3.44. The maximum atomic E-state index is 4.44. The van der Waals surface area contributed by atoms with E-state index in [-0.39, 0.29) is 0 Å². The summed E-state index contributed by atoms with van der Waals surface area (Å²) in [6.45, 7) is 3.16. The first-order valence-electron chi connectivity index (χ1n) is 5.69. The number of piperazine rings is 1. The highest BCUT2D eigenvalue weighted by Crippen LogP contribution is 2.21. The lowest BCUT2D eigenvalue weighted by molar-refractivity contribution is 0.197. The average molecular weight is 216 g/mol. The minimum absolute atomic E-state index is 0.422. The Morgan fingerprint density at radius 2 is 2.38 bits per heavy atom. The number of aromatic nitrogens is 2. The molecule has 2 aromatic heterocycles. The number of nitrogens with one attached hydrogen (secondary N) is 1. The third kappa shape index (κ3) is 1.50. The summed E-state index contributed by atoms with van der Waals surface area (Å²) < 4.78 is 2.17. The Bertz CT molecular complexity index is 490. The number of likely N-dealkylation sites (N-methyl/N-ethyl adjacent to an activating group) is 1. The van der Waals surface area contributed by atoms with Crippen molar-refractivity contribution in [2.45, 2.75) is 6.04 Å². The molecule has 4 nitrogen and oxygen atoms in total. The molecule has 2 aromatic rings. The quantitative estimate of drug-likeness (QED) is 0.769. The molecule has 84 valence electrons. The van der Waals surface area contributed by atoms with Gasteiger partial charge >= 0.3 is 0 Å². The predicted octanol–water partition coefficient (Wildman–Crippen LogP) is 0.910. The van der Waals surface area contributed by atoms with Gasteiger partial charge in [0.1, 0.15) is 5.65 Å². The van der Waals surface area contributed by atoms with E-state index in [4.69, 9.17) is 0 Å². The Morgan fingerprint density at radius 3 is 3.25 bits per heavy atom. The summed E-state index contributed by atoms with van der Waals surface area (Å²) in [6.07, 6.45) is 4.07. The molecule has 1 aliphatic heterocycles. The molecule has 3 heterocycles. The molecule has 4 heteroatoms. The molecular weight excluding hydrogens is 200 g/mol. The van der Waals surface area contributed by atoms with Crippen LogP contribution in [0.2, 0.25) is 0 Å². The van der Waals surface area contributed by atoms with Crippen LogP contribution in [0.25, 0.3) is 5.65 Å². The number of hydrogen-bond donors (Lipinski definition) is 1. The Labute approximate surface area is 94.9 Å². The van der Waals surface area contributed by atoms with Crippen LogP contribution in [0, 0.1) is 0 Å². The summed E-state index contributed by atoms with van der Waals surface area (Å²) in [5.41, 5.74) is 2.29. The molecule has 1 atom stereocenters. The topological polar surface area (TPSA) is 32.6 Å². The lowest BCUT2D eigenvalue weighted by atomic mass is 10.1. The first-order valence-corrected chi connectivity index (χ1v) is 5.69. The summed E-state index contributed by atoms with van der Waals surface area (Å²) in [7, 11) is 2.17. The van der Waals surface area contributed by atoms with Gasteiger partial charge in [0.15, 0.2) is 0 Å². The third-order valence-corrected chi connectivity index (χ3v) is 3.30. The molecule has 0 amide bonds. The van der Waals surface area contributed by atoms with E-state index in [1.165, 1.54) is 5.69 Å². The normalized spacial score (nSPS) is 22.7. The van der Waals surface area contributed by atoms with E-state index in [0.29, 0.717) is 6.04 Å². The van der Waals surface area contributed by atoms with Gasteiger partial charge < -0.3 is 9.72 Å². The summed E-state index contributed by atoms with van der Waals surface area (Å²) in [4.78, 5) is 6.82. The molecular formula is C12H16N4. The second-order valence-corrected chi connectivity index (χ2v) is 4.31. The van der Waals surface area contributed by atoms with Crippen molar-refractivity contribution in [2.75, 3.05) is 26.7 Å². The summed E-state index contributed by atoms with van der Waals surface area (Å²) in [5.74, 6) is 0. The molecule has 0 aromatic carbocycles. The van der Waals surface area contributed by atoms with Crippen LogP contribution < -0.4 is 5.32 Å². The highest BCUT2D eigenvalue weighted by atomic mass is 15.2. The van der Waals surface area contributed by atoms with Crippen LogP contribution in [-0.4, -0.2) is 41.0 Å². The smallest absolute Gasteiger partial charge is 0.136 e. The van der Waals surface area contributed by atoms with E-state index in [2.05, 4.69) is 38.9 Å². The second kappa shape index (κ2) is 3.88. The van der Waals surface area contributed by atoms with Crippen LogP contribution in [0.5, 0.6) is 0 Å². The second-order valence-electron chi connectivity index (χ2n) is 4.31. The highest BCUT2D eigenvalue weighted by Gasteiger charge is 2.22. The Balaban J connectivity index is 2.04. The van der Waals surface area contributed by atoms with Crippen molar-refractivity contribution < 1.29 is 0 Å². The first-order chi connectivity index (χ1) is 7.86. The number of hydrogen-bond acceptors (Lipinski definition) is 3. The SMILES string of the molecule is CN1CCNCC1c1cnc2ccccn12. The van der Waals surface area contributed by atoms with E-state index in [1.54, 1.807) is 0 Å². The van der Waals surface area contributed by atoms with E-state index in [0.717, 1.165) is 25.3 Å². The largest absolute Gasteiger partial charge is 0.313 e. The van der Waals surface area contributed by atoms with E-state index in [1.807, 2.05) is 18.3 Å². The zero-order valence-electron chi connectivity index (χ0n) is 9.43. The van der Waals surface area contributed by atoms with Crippen LogP contribution in [0.1, 0.15) is 11.7 Å². The highest BCUT2D eigenvalue weighted by molar-refractivity contribution is 5.40.